The Bertz CT molecular complexity index is 395. The number of hydrogen-bond acceptors (Lipinski definition) is 3. The lowest BCUT2D eigenvalue weighted by atomic mass is 10.1. The highest BCUT2D eigenvalue weighted by molar-refractivity contribution is 5.87. The summed E-state index contributed by atoms with van der Waals surface area (Å²) in [6.07, 6.45) is 1.43. The molecule has 0 amide bonds. The molecule has 1 aromatic rings. The minimum absolute atomic E-state index is 0.123. The van der Waals surface area contributed by atoms with E-state index in [0.717, 1.165) is 5.56 Å². The molecule has 1 rings (SSSR count). The molecule has 0 bridgehead atoms. The van der Waals surface area contributed by atoms with Crippen LogP contribution in [0.25, 0.3) is 0 Å². The zero-order valence-corrected chi connectivity index (χ0v) is 9.89. The van der Waals surface area contributed by atoms with E-state index in [1.54, 1.807) is 6.08 Å². The molecule has 1 atom stereocenters. The standard InChI is InChI=1S/C14H16O3/c1-4-13(12-8-6-5-7-9-12)17-10-11(2)14(15)16-3/h4-9,13H,1-2,10H2,3H3. The number of hydrogen-bond donors (Lipinski definition) is 0. The topological polar surface area (TPSA) is 35.5 Å². The molecule has 0 saturated heterocycles. The molecule has 3 nitrogen and oxygen atoms in total. The maximum absolute atomic E-state index is 11.1. The second kappa shape index (κ2) is 6.66. The average Bonchev–Trinajstić information content (AvgIpc) is 2.39. The van der Waals surface area contributed by atoms with Crippen molar-refractivity contribution >= 4 is 5.97 Å². The number of methoxy groups -OCH3 is 1. The van der Waals surface area contributed by atoms with Crippen LogP contribution in [-0.2, 0) is 14.3 Å². The molecule has 0 aromatic heterocycles. The Kier molecular flexibility index (Phi) is 5.17. The number of ether oxygens (including phenoxy) is 2. The Morgan fingerprint density at radius 2 is 2.06 bits per heavy atom. The van der Waals surface area contributed by atoms with E-state index in [-0.39, 0.29) is 18.3 Å². The number of carbonyl (C=O) groups is 1. The van der Waals surface area contributed by atoms with E-state index in [1.165, 1.54) is 7.11 Å². The van der Waals surface area contributed by atoms with E-state index in [2.05, 4.69) is 17.9 Å². The van der Waals surface area contributed by atoms with Gasteiger partial charge in [-0.25, -0.2) is 4.79 Å². The molecule has 90 valence electrons. The van der Waals surface area contributed by atoms with E-state index in [9.17, 15) is 4.79 Å². The Morgan fingerprint density at radius 3 is 2.59 bits per heavy atom. The van der Waals surface area contributed by atoms with Crippen LogP contribution in [-0.4, -0.2) is 19.7 Å². The molecule has 0 fully saturated rings. The summed E-state index contributed by atoms with van der Waals surface area (Å²) in [5.74, 6) is -0.458. The average molecular weight is 232 g/mol. The van der Waals surface area contributed by atoms with Crippen molar-refractivity contribution in [2.24, 2.45) is 0 Å². The molecular formula is C14H16O3. The second-order valence-corrected chi connectivity index (χ2v) is 3.47. The normalized spacial score (nSPS) is 11.6. The molecular weight excluding hydrogens is 216 g/mol. The van der Waals surface area contributed by atoms with Crippen molar-refractivity contribution in [2.75, 3.05) is 13.7 Å². The molecule has 1 aromatic carbocycles. The van der Waals surface area contributed by atoms with Gasteiger partial charge in [0, 0.05) is 0 Å². The smallest absolute Gasteiger partial charge is 0.335 e. The van der Waals surface area contributed by atoms with Crippen molar-refractivity contribution in [1.29, 1.82) is 0 Å². The van der Waals surface area contributed by atoms with E-state index < -0.39 is 5.97 Å². The first kappa shape index (κ1) is 13.2. The molecule has 3 heteroatoms. The van der Waals surface area contributed by atoms with Crippen LogP contribution in [0.4, 0.5) is 0 Å². The quantitative estimate of drug-likeness (QED) is 0.429. The number of esters is 1. The summed E-state index contributed by atoms with van der Waals surface area (Å²) < 4.78 is 10.1. The lowest BCUT2D eigenvalue weighted by molar-refractivity contribution is -0.136. The van der Waals surface area contributed by atoms with Crippen molar-refractivity contribution in [3.8, 4) is 0 Å². The van der Waals surface area contributed by atoms with Crippen LogP contribution in [0.5, 0.6) is 0 Å². The van der Waals surface area contributed by atoms with Gasteiger partial charge in [0.15, 0.2) is 0 Å². The van der Waals surface area contributed by atoms with Crippen LogP contribution in [0, 0.1) is 0 Å². The monoisotopic (exact) mass is 232 g/mol. The Labute approximate surface area is 101 Å². The molecule has 0 N–H and O–H groups in total. The molecule has 0 spiro atoms. The second-order valence-electron chi connectivity index (χ2n) is 3.47. The van der Waals surface area contributed by atoms with E-state index in [0.29, 0.717) is 0 Å². The molecule has 0 aliphatic heterocycles. The first-order valence-corrected chi connectivity index (χ1v) is 5.24. The van der Waals surface area contributed by atoms with Gasteiger partial charge in [0.05, 0.1) is 19.3 Å². The lowest BCUT2D eigenvalue weighted by Gasteiger charge is -2.14. The van der Waals surface area contributed by atoms with E-state index in [1.807, 2.05) is 30.3 Å². The fourth-order valence-electron chi connectivity index (χ4n) is 1.34. The minimum Gasteiger partial charge on any atom is -0.466 e. The van der Waals surface area contributed by atoms with Gasteiger partial charge in [-0.1, -0.05) is 43.0 Å². The van der Waals surface area contributed by atoms with Gasteiger partial charge in [-0.15, -0.1) is 6.58 Å². The highest BCUT2D eigenvalue weighted by Gasteiger charge is 2.11. The predicted molar refractivity (Wildman–Crippen MR) is 66.5 cm³/mol. The minimum atomic E-state index is -0.458. The summed E-state index contributed by atoms with van der Waals surface area (Å²) in [7, 11) is 1.32. The summed E-state index contributed by atoms with van der Waals surface area (Å²) in [4.78, 5) is 11.1. The van der Waals surface area contributed by atoms with Crippen LogP contribution >= 0.6 is 0 Å². The number of benzene rings is 1. The van der Waals surface area contributed by atoms with Crippen LogP contribution in [0.3, 0.4) is 0 Å². The van der Waals surface area contributed by atoms with Crippen LogP contribution in [0.2, 0.25) is 0 Å². The fourth-order valence-corrected chi connectivity index (χ4v) is 1.34. The molecule has 0 aliphatic rings. The highest BCUT2D eigenvalue weighted by atomic mass is 16.5. The summed E-state index contributed by atoms with van der Waals surface area (Å²) >= 11 is 0. The van der Waals surface area contributed by atoms with Gasteiger partial charge in [-0.05, 0) is 5.56 Å². The molecule has 0 radical (unpaired) electrons. The van der Waals surface area contributed by atoms with Gasteiger partial charge in [0.25, 0.3) is 0 Å². The van der Waals surface area contributed by atoms with Crippen LogP contribution in [0.15, 0.2) is 55.1 Å². The molecule has 1 unspecified atom stereocenters. The third-order valence-electron chi connectivity index (χ3n) is 2.25. The maximum atomic E-state index is 11.1. The molecule has 17 heavy (non-hydrogen) atoms. The van der Waals surface area contributed by atoms with E-state index >= 15 is 0 Å². The van der Waals surface area contributed by atoms with Crippen molar-refractivity contribution in [3.05, 3.63) is 60.7 Å². The van der Waals surface area contributed by atoms with Crippen molar-refractivity contribution in [2.45, 2.75) is 6.10 Å². The summed E-state index contributed by atoms with van der Waals surface area (Å²) in [6, 6.07) is 9.65. The van der Waals surface area contributed by atoms with Gasteiger partial charge in [0.1, 0.15) is 6.10 Å². The fraction of sp³-hybridized carbons (Fsp3) is 0.214. The third-order valence-corrected chi connectivity index (χ3v) is 2.25. The summed E-state index contributed by atoms with van der Waals surface area (Å²) in [6.45, 7) is 7.42. The van der Waals surface area contributed by atoms with Crippen LogP contribution < -0.4 is 0 Å². The van der Waals surface area contributed by atoms with Crippen molar-refractivity contribution in [1.82, 2.24) is 0 Å². The summed E-state index contributed by atoms with van der Waals surface area (Å²) in [5.41, 5.74) is 1.27. The van der Waals surface area contributed by atoms with Gasteiger partial charge < -0.3 is 9.47 Å². The predicted octanol–water partition coefficient (Wildman–Crippen LogP) is 2.66. The third kappa shape index (κ3) is 3.89. The van der Waals surface area contributed by atoms with Gasteiger partial charge in [-0.2, -0.15) is 0 Å². The van der Waals surface area contributed by atoms with Crippen molar-refractivity contribution in [3.63, 3.8) is 0 Å². The van der Waals surface area contributed by atoms with Gasteiger partial charge in [-0.3, -0.25) is 0 Å². The molecule has 0 saturated carbocycles. The van der Waals surface area contributed by atoms with Crippen molar-refractivity contribution < 1.29 is 14.3 Å². The SMILES string of the molecule is C=CC(OCC(=C)C(=O)OC)c1ccccc1. The number of carbonyl (C=O) groups excluding carboxylic acids is 1. The first-order valence-electron chi connectivity index (χ1n) is 5.24. The van der Waals surface area contributed by atoms with Gasteiger partial charge >= 0.3 is 5.97 Å². The zero-order valence-electron chi connectivity index (χ0n) is 9.89. The Morgan fingerprint density at radius 1 is 1.41 bits per heavy atom. The van der Waals surface area contributed by atoms with E-state index in [4.69, 9.17) is 4.74 Å². The Balaban J connectivity index is 2.58. The zero-order chi connectivity index (χ0) is 12.7. The first-order chi connectivity index (χ1) is 8.19. The highest BCUT2D eigenvalue weighted by Crippen LogP contribution is 2.18. The number of rotatable bonds is 6. The molecule has 0 heterocycles. The Hall–Kier alpha value is -1.87. The lowest BCUT2D eigenvalue weighted by Crippen LogP contribution is -2.11. The summed E-state index contributed by atoms with van der Waals surface area (Å²) in [5, 5.41) is 0. The largest absolute Gasteiger partial charge is 0.466 e. The molecule has 0 aliphatic carbocycles. The van der Waals surface area contributed by atoms with Crippen LogP contribution in [0.1, 0.15) is 11.7 Å². The van der Waals surface area contributed by atoms with Gasteiger partial charge in [0.2, 0.25) is 0 Å². The maximum Gasteiger partial charge on any atom is 0.335 e.